The molecule has 1 amide bonds. The lowest BCUT2D eigenvalue weighted by Gasteiger charge is -2.20. The van der Waals surface area contributed by atoms with E-state index >= 15 is 0 Å². The molecule has 0 bridgehead atoms. The summed E-state index contributed by atoms with van der Waals surface area (Å²) >= 11 is 0. The molecule has 0 aliphatic rings. The van der Waals surface area contributed by atoms with E-state index in [9.17, 15) is 4.79 Å². The lowest BCUT2D eigenvalue weighted by molar-refractivity contribution is 0.0524. The Morgan fingerprint density at radius 2 is 2.00 bits per heavy atom. The number of nitrogens with one attached hydrogen (secondary N) is 1. The van der Waals surface area contributed by atoms with Crippen molar-refractivity contribution in [3.63, 3.8) is 0 Å². The van der Waals surface area contributed by atoms with Crippen LogP contribution in [0.3, 0.4) is 0 Å². The van der Waals surface area contributed by atoms with Crippen molar-refractivity contribution in [2.24, 2.45) is 0 Å². The average molecular weight is 155 g/mol. The zero-order valence-corrected chi connectivity index (χ0v) is 7.47. The lowest BCUT2D eigenvalue weighted by Crippen LogP contribution is -2.37. The first-order valence-electron chi connectivity index (χ1n) is 3.56. The van der Waals surface area contributed by atoms with Crippen molar-refractivity contribution in [2.75, 3.05) is 0 Å². The Labute approximate surface area is 68.9 Å². The summed E-state index contributed by atoms with van der Waals surface area (Å²) in [4.78, 5) is 10.9. The Bertz CT molecular complexity index is 140. The topological polar surface area (TPSA) is 38.3 Å². The summed E-state index contributed by atoms with van der Waals surface area (Å²) in [5.41, 5.74) is -0.459. The van der Waals surface area contributed by atoms with Gasteiger partial charge in [-0.3, -0.25) is 0 Å². The van der Waals surface area contributed by atoms with E-state index in [1.54, 1.807) is 27.7 Å². The second kappa shape index (κ2) is 3.65. The van der Waals surface area contributed by atoms with Crippen molar-refractivity contribution in [3.05, 3.63) is 0 Å². The maximum Gasteiger partial charge on any atom is 0.407 e. The fourth-order valence-electron chi connectivity index (χ4n) is 0.493. The van der Waals surface area contributed by atoms with Crippen LogP contribution in [0.2, 0.25) is 0 Å². The normalized spacial score (nSPS) is 13.8. The maximum atomic E-state index is 10.9. The van der Waals surface area contributed by atoms with Crippen LogP contribution in [0.15, 0.2) is 0 Å². The molecule has 11 heavy (non-hydrogen) atoms. The molecule has 0 spiro atoms. The molecule has 3 nitrogen and oxygen atoms in total. The van der Waals surface area contributed by atoms with E-state index in [2.05, 4.69) is 5.32 Å². The largest absolute Gasteiger partial charge is 0.444 e. The Kier molecular flexibility index (Phi) is 3.43. The standard InChI is InChI=1S/C7H14BNO2/c1-5(8)9-6(10)11-7(2,3)4/h5H,1-4H3,(H,9,10)/t5-/m1/s1. The van der Waals surface area contributed by atoms with Crippen LogP contribution in [0.25, 0.3) is 0 Å². The van der Waals surface area contributed by atoms with Gasteiger partial charge in [0.05, 0.1) is 7.85 Å². The van der Waals surface area contributed by atoms with Crippen LogP contribution in [0.5, 0.6) is 0 Å². The first-order chi connectivity index (χ1) is 4.81. The van der Waals surface area contributed by atoms with Gasteiger partial charge >= 0.3 is 6.09 Å². The van der Waals surface area contributed by atoms with Crippen LogP contribution < -0.4 is 5.32 Å². The molecule has 0 fully saturated rings. The molecule has 0 saturated heterocycles. The van der Waals surface area contributed by atoms with E-state index in [0.29, 0.717) is 0 Å². The van der Waals surface area contributed by atoms with Crippen LogP contribution in [0, 0.1) is 0 Å². The zero-order chi connectivity index (χ0) is 9.07. The second-order valence-electron chi connectivity index (χ2n) is 3.43. The summed E-state index contributed by atoms with van der Waals surface area (Å²) in [6, 6.07) is 0. The molecule has 1 atom stereocenters. The van der Waals surface area contributed by atoms with Gasteiger partial charge in [0, 0.05) is 0 Å². The fraction of sp³-hybridized carbons (Fsp3) is 0.857. The Balaban J connectivity index is 3.71. The zero-order valence-electron chi connectivity index (χ0n) is 7.47. The molecular weight excluding hydrogens is 141 g/mol. The Morgan fingerprint density at radius 1 is 1.55 bits per heavy atom. The van der Waals surface area contributed by atoms with Gasteiger partial charge in [0.1, 0.15) is 5.60 Å². The van der Waals surface area contributed by atoms with Gasteiger partial charge in [0.2, 0.25) is 0 Å². The Hall–Kier alpha value is -0.665. The van der Waals surface area contributed by atoms with Gasteiger partial charge in [0.25, 0.3) is 0 Å². The molecule has 0 aromatic rings. The highest BCUT2D eigenvalue weighted by Crippen LogP contribution is 2.06. The molecule has 0 unspecified atom stereocenters. The summed E-state index contributed by atoms with van der Waals surface area (Å²) in [5, 5.41) is 2.42. The third kappa shape index (κ3) is 7.23. The number of hydrogen-bond acceptors (Lipinski definition) is 2. The van der Waals surface area contributed by atoms with Gasteiger partial charge < -0.3 is 10.1 Å². The number of amides is 1. The molecule has 0 saturated carbocycles. The highest BCUT2D eigenvalue weighted by molar-refractivity contribution is 6.12. The van der Waals surface area contributed by atoms with E-state index in [1.165, 1.54) is 0 Å². The third-order valence-electron chi connectivity index (χ3n) is 0.744. The monoisotopic (exact) mass is 155 g/mol. The minimum Gasteiger partial charge on any atom is -0.444 e. The van der Waals surface area contributed by atoms with Gasteiger partial charge in [-0.2, -0.15) is 0 Å². The smallest absolute Gasteiger partial charge is 0.407 e. The predicted octanol–water partition coefficient (Wildman–Crippen LogP) is 1.03. The molecule has 1 N–H and O–H groups in total. The van der Waals surface area contributed by atoms with Crippen LogP contribution in [-0.2, 0) is 4.74 Å². The quantitative estimate of drug-likeness (QED) is 0.574. The number of carbonyl (C=O) groups is 1. The van der Waals surface area contributed by atoms with Crippen molar-refractivity contribution >= 4 is 13.9 Å². The minimum absolute atomic E-state index is 0.371. The fourth-order valence-corrected chi connectivity index (χ4v) is 0.493. The van der Waals surface area contributed by atoms with Gasteiger partial charge in [-0.05, 0) is 26.7 Å². The maximum absolute atomic E-state index is 10.9. The van der Waals surface area contributed by atoms with E-state index in [1.807, 2.05) is 0 Å². The summed E-state index contributed by atoms with van der Waals surface area (Å²) < 4.78 is 4.92. The first kappa shape index (κ1) is 10.3. The number of carbonyl (C=O) groups excluding carboxylic acids is 1. The summed E-state index contributed by atoms with van der Waals surface area (Å²) in [6.45, 7) is 7.07. The van der Waals surface area contributed by atoms with Gasteiger partial charge in [0.15, 0.2) is 0 Å². The van der Waals surface area contributed by atoms with Crippen LogP contribution in [0.4, 0.5) is 4.79 Å². The Morgan fingerprint density at radius 3 is 2.27 bits per heavy atom. The highest BCUT2D eigenvalue weighted by atomic mass is 16.6. The predicted molar refractivity (Wildman–Crippen MR) is 44.6 cm³/mol. The van der Waals surface area contributed by atoms with E-state index in [-0.39, 0.29) is 5.94 Å². The summed E-state index contributed by atoms with van der Waals surface area (Å²) in [5.74, 6) is -0.371. The van der Waals surface area contributed by atoms with E-state index < -0.39 is 11.7 Å². The van der Waals surface area contributed by atoms with Gasteiger partial charge in [-0.1, -0.05) is 6.92 Å². The molecule has 0 heterocycles. The molecule has 2 radical (unpaired) electrons. The SMILES string of the molecule is [B][C@@H](C)NC(=O)OC(C)(C)C. The van der Waals surface area contributed by atoms with Crippen LogP contribution in [0.1, 0.15) is 27.7 Å². The molecule has 62 valence electrons. The minimum atomic E-state index is -0.479. The van der Waals surface area contributed by atoms with E-state index in [0.717, 1.165) is 0 Å². The molecular formula is C7H14BNO2. The van der Waals surface area contributed by atoms with Crippen molar-refractivity contribution < 1.29 is 9.53 Å². The molecule has 0 rings (SSSR count). The number of alkyl carbamates (subject to hydrolysis) is 1. The first-order valence-corrected chi connectivity index (χ1v) is 3.56. The third-order valence-corrected chi connectivity index (χ3v) is 0.744. The van der Waals surface area contributed by atoms with Crippen molar-refractivity contribution in [1.29, 1.82) is 0 Å². The molecule has 0 aliphatic carbocycles. The van der Waals surface area contributed by atoms with Crippen molar-refractivity contribution in [1.82, 2.24) is 5.32 Å². The van der Waals surface area contributed by atoms with Gasteiger partial charge in [-0.25, -0.2) is 4.79 Å². The van der Waals surface area contributed by atoms with Crippen LogP contribution in [-0.4, -0.2) is 25.5 Å². The molecule has 0 aliphatic heterocycles. The average Bonchev–Trinajstić information content (AvgIpc) is 1.53. The molecule has 0 aromatic carbocycles. The van der Waals surface area contributed by atoms with E-state index in [4.69, 9.17) is 12.6 Å². The summed E-state index contributed by atoms with van der Waals surface area (Å²) in [6.07, 6.45) is -0.479. The number of ether oxygens (including phenoxy) is 1. The van der Waals surface area contributed by atoms with Crippen molar-refractivity contribution in [3.8, 4) is 0 Å². The van der Waals surface area contributed by atoms with Crippen molar-refractivity contribution in [2.45, 2.75) is 39.2 Å². The molecule has 0 aromatic heterocycles. The highest BCUT2D eigenvalue weighted by Gasteiger charge is 2.15. The van der Waals surface area contributed by atoms with Gasteiger partial charge in [-0.15, -0.1) is 0 Å². The lowest BCUT2D eigenvalue weighted by atomic mass is 10.00. The second-order valence-corrected chi connectivity index (χ2v) is 3.43. The number of hydrogen-bond donors (Lipinski definition) is 1. The number of rotatable bonds is 1. The van der Waals surface area contributed by atoms with Crippen LogP contribution >= 0.6 is 0 Å². The molecule has 4 heteroatoms. The summed E-state index contributed by atoms with van der Waals surface area (Å²) in [7, 11) is 5.30.